The second kappa shape index (κ2) is 9.95. The molecule has 0 saturated heterocycles. The van der Waals surface area contributed by atoms with Crippen LogP contribution in [-0.2, 0) is 16.1 Å². The molecule has 1 atom stereocenters. The summed E-state index contributed by atoms with van der Waals surface area (Å²) >= 11 is 0. The lowest BCUT2D eigenvalue weighted by molar-refractivity contribution is -0.0356. The molecule has 1 aromatic carbocycles. The Morgan fingerprint density at radius 3 is 2.25 bits per heavy atom. The van der Waals surface area contributed by atoms with Crippen LogP contribution in [0.1, 0.15) is 46.1 Å². The van der Waals surface area contributed by atoms with E-state index in [9.17, 15) is 0 Å². The van der Waals surface area contributed by atoms with Crippen molar-refractivity contribution in [2.45, 2.75) is 53.2 Å². The van der Waals surface area contributed by atoms with E-state index < -0.39 is 0 Å². The Morgan fingerprint density at radius 1 is 0.950 bits per heavy atom. The van der Waals surface area contributed by atoms with Crippen molar-refractivity contribution in [2.24, 2.45) is 11.8 Å². The molecule has 0 radical (unpaired) electrons. The highest BCUT2D eigenvalue weighted by atomic mass is 16.5. The summed E-state index contributed by atoms with van der Waals surface area (Å²) in [6.45, 7) is 11.1. The fourth-order valence-corrected chi connectivity index (χ4v) is 2.03. The summed E-state index contributed by atoms with van der Waals surface area (Å²) < 4.78 is 11.8. The molecule has 0 fully saturated rings. The maximum absolute atomic E-state index is 6.02. The molecular weight excluding hydrogens is 248 g/mol. The number of hydrogen-bond acceptors (Lipinski definition) is 2. The molecule has 0 bridgehead atoms. The Kier molecular flexibility index (Phi) is 8.56. The highest BCUT2D eigenvalue weighted by molar-refractivity contribution is 5.13. The van der Waals surface area contributed by atoms with E-state index in [1.54, 1.807) is 0 Å². The fraction of sp³-hybridized carbons (Fsp3) is 0.667. The Morgan fingerprint density at radius 2 is 1.65 bits per heavy atom. The van der Waals surface area contributed by atoms with Gasteiger partial charge in [-0.05, 0) is 30.2 Å². The van der Waals surface area contributed by atoms with Crippen LogP contribution < -0.4 is 0 Å². The van der Waals surface area contributed by atoms with Crippen molar-refractivity contribution in [1.82, 2.24) is 0 Å². The van der Waals surface area contributed by atoms with Crippen molar-refractivity contribution >= 4 is 0 Å². The van der Waals surface area contributed by atoms with Gasteiger partial charge in [0.1, 0.15) is 0 Å². The van der Waals surface area contributed by atoms with E-state index in [2.05, 4.69) is 52.0 Å². The van der Waals surface area contributed by atoms with Gasteiger partial charge in [-0.3, -0.25) is 0 Å². The Labute approximate surface area is 124 Å². The van der Waals surface area contributed by atoms with Crippen LogP contribution in [0.3, 0.4) is 0 Å². The zero-order valence-corrected chi connectivity index (χ0v) is 13.5. The van der Waals surface area contributed by atoms with Crippen molar-refractivity contribution in [2.75, 3.05) is 13.2 Å². The lowest BCUT2D eigenvalue weighted by Gasteiger charge is -2.20. The van der Waals surface area contributed by atoms with Gasteiger partial charge in [-0.25, -0.2) is 0 Å². The molecule has 0 aliphatic heterocycles. The van der Waals surface area contributed by atoms with Crippen molar-refractivity contribution in [3.8, 4) is 0 Å². The Hall–Kier alpha value is -0.860. The third-order valence-electron chi connectivity index (χ3n) is 3.21. The summed E-state index contributed by atoms with van der Waals surface area (Å²) in [6.07, 6.45) is 2.36. The normalized spacial score (nSPS) is 13.1. The molecule has 2 nitrogen and oxygen atoms in total. The first-order valence-corrected chi connectivity index (χ1v) is 7.81. The summed E-state index contributed by atoms with van der Waals surface area (Å²) in [6, 6.07) is 10.3. The number of rotatable bonds is 10. The van der Waals surface area contributed by atoms with E-state index in [4.69, 9.17) is 9.47 Å². The lowest BCUT2D eigenvalue weighted by Crippen LogP contribution is -2.22. The van der Waals surface area contributed by atoms with Crippen LogP contribution in [0, 0.1) is 11.8 Å². The number of hydrogen-bond donors (Lipinski definition) is 0. The first-order valence-electron chi connectivity index (χ1n) is 7.81. The van der Waals surface area contributed by atoms with Crippen LogP contribution in [0.4, 0.5) is 0 Å². The van der Waals surface area contributed by atoms with Crippen LogP contribution in [0.25, 0.3) is 0 Å². The van der Waals surface area contributed by atoms with Crippen molar-refractivity contribution < 1.29 is 9.47 Å². The van der Waals surface area contributed by atoms with Crippen LogP contribution in [0.2, 0.25) is 0 Å². The molecule has 1 unspecified atom stereocenters. The third kappa shape index (κ3) is 8.34. The molecule has 0 heterocycles. The molecule has 1 aromatic rings. The Bertz CT molecular complexity index is 333. The largest absolute Gasteiger partial charge is 0.379 e. The summed E-state index contributed by atoms with van der Waals surface area (Å²) in [4.78, 5) is 0. The average molecular weight is 278 g/mol. The second-order valence-electron chi connectivity index (χ2n) is 6.31. The maximum Gasteiger partial charge on any atom is 0.0815 e. The van der Waals surface area contributed by atoms with E-state index in [0.29, 0.717) is 25.0 Å². The van der Waals surface area contributed by atoms with Gasteiger partial charge in [0, 0.05) is 6.61 Å². The maximum atomic E-state index is 6.02. The zero-order chi connectivity index (χ0) is 14.8. The predicted octanol–water partition coefficient (Wildman–Crippen LogP) is 4.68. The molecule has 0 aliphatic rings. The van der Waals surface area contributed by atoms with Gasteiger partial charge in [-0.2, -0.15) is 0 Å². The van der Waals surface area contributed by atoms with Gasteiger partial charge in [-0.15, -0.1) is 0 Å². The van der Waals surface area contributed by atoms with Gasteiger partial charge in [0.15, 0.2) is 0 Å². The predicted molar refractivity (Wildman–Crippen MR) is 84.7 cm³/mol. The molecule has 0 spiro atoms. The third-order valence-corrected chi connectivity index (χ3v) is 3.21. The molecule has 2 heteroatoms. The van der Waals surface area contributed by atoms with Crippen molar-refractivity contribution in [3.63, 3.8) is 0 Å². The Balaban J connectivity index is 2.31. The lowest BCUT2D eigenvalue weighted by atomic mass is 10.1. The molecule has 0 aromatic heterocycles. The van der Waals surface area contributed by atoms with E-state index >= 15 is 0 Å². The van der Waals surface area contributed by atoms with Crippen LogP contribution in [-0.4, -0.2) is 19.3 Å². The molecule has 0 aliphatic carbocycles. The SMILES string of the molecule is CC(C)CCOCC(CC(C)C)OCc1ccccc1. The highest BCUT2D eigenvalue weighted by Crippen LogP contribution is 2.12. The zero-order valence-electron chi connectivity index (χ0n) is 13.5. The van der Waals surface area contributed by atoms with E-state index in [1.165, 1.54) is 5.56 Å². The molecule has 114 valence electrons. The van der Waals surface area contributed by atoms with Gasteiger partial charge in [-0.1, -0.05) is 58.0 Å². The van der Waals surface area contributed by atoms with E-state index in [0.717, 1.165) is 19.4 Å². The quantitative estimate of drug-likeness (QED) is 0.578. The van der Waals surface area contributed by atoms with Crippen LogP contribution in [0.15, 0.2) is 30.3 Å². The second-order valence-corrected chi connectivity index (χ2v) is 6.31. The summed E-state index contributed by atoms with van der Waals surface area (Å²) in [7, 11) is 0. The minimum Gasteiger partial charge on any atom is -0.379 e. The summed E-state index contributed by atoms with van der Waals surface area (Å²) in [5, 5.41) is 0. The first kappa shape index (κ1) is 17.2. The molecule has 0 saturated carbocycles. The molecular formula is C18H30O2. The monoisotopic (exact) mass is 278 g/mol. The molecule has 0 N–H and O–H groups in total. The minimum absolute atomic E-state index is 0.197. The number of benzene rings is 1. The fourth-order valence-electron chi connectivity index (χ4n) is 2.03. The van der Waals surface area contributed by atoms with Gasteiger partial charge in [0.05, 0.1) is 19.3 Å². The van der Waals surface area contributed by atoms with Crippen molar-refractivity contribution in [1.29, 1.82) is 0 Å². The minimum atomic E-state index is 0.197. The van der Waals surface area contributed by atoms with Crippen LogP contribution >= 0.6 is 0 Å². The first-order chi connectivity index (χ1) is 9.58. The highest BCUT2D eigenvalue weighted by Gasteiger charge is 2.12. The number of ether oxygens (including phenoxy) is 2. The van der Waals surface area contributed by atoms with Gasteiger partial charge in [0.25, 0.3) is 0 Å². The average Bonchev–Trinajstić information content (AvgIpc) is 2.41. The molecule has 1 rings (SSSR count). The topological polar surface area (TPSA) is 18.5 Å². The van der Waals surface area contributed by atoms with E-state index in [1.807, 2.05) is 6.07 Å². The standard InChI is InChI=1S/C18H30O2/c1-15(2)10-11-19-14-18(12-16(3)4)20-13-17-8-6-5-7-9-17/h5-9,15-16,18H,10-14H2,1-4H3. The van der Waals surface area contributed by atoms with Crippen molar-refractivity contribution in [3.05, 3.63) is 35.9 Å². The van der Waals surface area contributed by atoms with Crippen LogP contribution in [0.5, 0.6) is 0 Å². The summed E-state index contributed by atoms with van der Waals surface area (Å²) in [5.74, 6) is 1.33. The van der Waals surface area contributed by atoms with Gasteiger partial charge < -0.3 is 9.47 Å². The van der Waals surface area contributed by atoms with Gasteiger partial charge >= 0.3 is 0 Å². The molecule has 20 heavy (non-hydrogen) atoms. The van der Waals surface area contributed by atoms with Gasteiger partial charge in [0.2, 0.25) is 0 Å². The van der Waals surface area contributed by atoms with E-state index in [-0.39, 0.29) is 6.10 Å². The summed E-state index contributed by atoms with van der Waals surface area (Å²) in [5.41, 5.74) is 1.23. The molecule has 0 amide bonds. The smallest absolute Gasteiger partial charge is 0.0815 e.